The van der Waals surface area contributed by atoms with Gasteiger partial charge in [-0.05, 0) is 66.6 Å². The molecule has 0 aliphatic carbocycles. The van der Waals surface area contributed by atoms with E-state index in [4.69, 9.17) is 4.74 Å². The van der Waals surface area contributed by atoms with Gasteiger partial charge in [-0.2, -0.15) is 5.10 Å². The van der Waals surface area contributed by atoms with Crippen LogP contribution in [0.1, 0.15) is 28.4 Å². The molecule has 0 aliphatic rings. The van der Waals surface area contributed by atoms with E-state index in [1.807, 2.05) is 67.6 Å². The monoisotopic (exact) mass is 430 g/mol. The predicted molar refractivity (Wildman–Crippen MR) is 125 cm³/mol. The van der Waals surface area contributed by atoms with Crippen LogP contribution >= 0.6 is 11.8 Å². The minimum absolute atomic E-state index is 0.251. The smallest absolute Gasteiger partial charge is 0.271 e. The number of nitrogens with zero attached hydrogens (tertiary/aromatic N) is 2. The molecule has 0 atom stereocenters. The van der Waals surface area contributed by atoms with Crippen molar-refractivity contribution in [3.8, 4) is 5.75 Å². The number of para-hydroxylation sites is 2. The number of thioether (sulfide) groups is 1. The van der Waals surface area contributed by atoms with Crippen LogP contribution in [-0.4, -0.2) is 28.7 Å². The average Bonchev–Trinajstić information content (AvgIpc) is 3.22. The van der Waals surface area contributed by atoms with Crippen LogP contribution in [-0.2, 0) is 5.75 Å². The first-order valence-corrected chi connectivity index (χ1v) is 10.9. The van der Waals surface area contributed by atoms with Gasteiger partial charge in [-0.15, -0.1) is 0 Å². The first-order valence-electron chi connectivity index (χ1n) is 9.94. The number of carbonyl (C=O) groups is 1. The summed E-state index contributed by atoms with van der Waals surface area (Å²) in [6.45, 7) is 2.57. The minimum Gasteiger partial charge on any atom is -0.494 e. The van der Waals surface area contributed by atoms with Crippen LogP contribution in [0.4, 0.5) is 0 Å². The van der Waals surface area contributed by atoms with E-state index in [0.717, 1.165) is 38.8 Å². The highest BCUT2D eigenvalue weighted by Gasteiger charge is 2.06. The molecule has 0 fully saturated rings. The third kappa shape index (κ3) is 5.52. The normalized spacial score (nSPS) is 11.1. The minimum atomic E-state index is -0.251. The number of hydrazone groups is 1. The molecule has 156 valence electrons. The van der Waals surface area contributed by atoms with Crippen molar-refractivity contribution in [1.82, 2.24) is 15.4 Å². The first-order chi connectivity index (χ1) is 15.2. The van der Waals surface area contributed by atoms with E-state index in [1.54, 1.807) is 30.1 Å². The Labute approximate surface area is 184 Å². The number of carbonyl (C=O) groups excluding carboxylic acids is 1. The number of amides is 1. The van der Waals surface area contributed by atoms with Gasteiger partial charge in [0.2, 0.25) is 0 Å². The van der Waals surface area contributed by atoms with E-state index in [-0.39, 0.29) is 5.91 Å². The molecule has 3 aromatic carbocycles. The first kappa shape index (κ1) is 20.7. The van der Waals surface area contributed by atoms with E-state index in [1.165, 1.54) is 0 Å². The van der Waals surface area contributed by atoms with Gasteiger partial charge in [-0.1, -0.05) is 36.0 Å². The number of aromatic nitrogens is 2. The number of fused-ring (bicyclic) bond motifs is 1. The van der Waals surface area contributed by atoms with Gasteiger partial charge in [0, 0.05) is 11.3 Å². The summed E-state index contributed by atoms with van der Waals surface area (Å²) in [4.78, 5) is 20.2. The lowest BCUT2D eigenvalue weighted by Gasteiger charge is -2.03. The molecule has 0 bridgehead atoms. The van der Waals surface area contributed by atoms with Gasteiger partial charge < -0.3 is 9.72 Å². The Morgan fingerprint density at radius 2 is 1.87 bits per heavy atom. The maximum atomic E-state index is 12.3. The number of hydrogen-bond acceptors (Lipinski definition) is 5. The van der Waals surface area contributed by atoms with Crippen molar-refractivity contribution in [2.75, 3.05) is 6.61 Å². The standard InChI is InChI=1S/C24H22N4O2S/c1-2-30-20-13-9-17(10-14-20)15-25-28-23(29)19-11-7-18(8-12-19)16-31-24-26-21-5-3-4-6-22(21)27-24/h3-15H,2,16H2,1H3,(H,26,27)(H,28,29)/b25-15-. The van der Waals surface area contributed by atoms with Gasteiger partial charge in [0.1, 0.15) is 5.75 Å². The van der Waals surface area contributed by atoms with Crippen molar-refractivity contribution in [1.29, 1.82) is 0 Å². The van der Waals surface area contributed by atoms with E-state index < -0.39 is 0 Å². The Balaban J connectivity index is 1.29. The van der Waals surface area contributed by atoms with Gasteiger partial charge in [-0.25, -0.2) is 10.4 Å². The number of benzene rings is 3. The third-order valence-corrected chi connectivity index (χ3v) is 5.47. The predicted octanol–water partition coefficient (Wildman–Crippen LogP) is 5.02. The van der Waals surface area contributed by atoms with E-state index in [2.05, 4.69) is 20.5 Å². The zero-order chi connectivity index (χ0) is 21.5. The summed E-state index contributed by atoms with van der Waals surface area (Å²) < 4.78 is 5.41. The zero-order valence-electron chi connectivity index (χ0n) is 17.0. The molecule has 0 radical (unpaired) electrons. The Kier molecular flexibility index (Phi) is 6.64. The van der Waals surface area contributed by atoms with Crippen LogP contribution in [0.25, 0.3) is 11.0 Å². The molecule has 31 heavy (non-hydrogen) atoms. The van der Waals surface area contributed by atoms with Gasteiger partial charge in [0.15, 0.2) is 5.16 Å². The lowest BCUT2D eigenvalue weighted by molar-refractivity contribution is 0.0955. The van der Waals surface area contributed by atoms with E-state index in [9.17, 15) is 4.79 Å². The summed E-state index contributed by atoms with van der Waals surface area (Å²) in [6.07, 6.45) is 1.60. The highest BCUT2D eigenvalue weighted by Crippen LogP contribution is 2.23. The molecule has 1 heterocycles. The molecule has 0 aliphatic heterocycles. The maximum Gasteiger partial charge on any atom is 0.271 e. The Morgan fingerprint density at radius 1 is 1.10 bits per heavy atom. The molecular formula is C24H22N4O2S. The van der Waals surface area contributed by atoms with Crippen LogP contribution in [0.15, 0.2) is 83.1 Å². The average molecular weight is 431 g/mol. The summed E-state index contributed by atoms with van der Waals surface area (Å²) >= 11 is 1.63. The fourth-order valence-corrected chi connectivity index (χ4v) is 3.79. The maximum absolute atomic E-state index is 12.3. The Morgan fingerprint density at radius 3 is 2.61 bits per heavy atom. The van der Waals surface area contributed by atoms with E-state index in [0.29, 0.717) is 12.2 Å². The quantitative estimate of drug-likeness (QED) is 0.234. The summed E-state index contributed by atoms with van der Waals surface area (Å²) in [7, 11) is 0. The highest BCUT2D eigenvalue weighted by atomic mass is 32.2. The fraction of sp³-hybridized carbons (Fsp3) is 0.125. The fourth-order valence-electron chi connectivity index (χ4n) is 2.95. The number of H-pyrrole nitrogens is 1. The van der Waals surface area contributed by atoms with E-state index >= 15 is 0 Å². The van der Waals surface area contributed by atoms with Crippen molar-refractivity contribution < 1.29 is 9.53 Å². The molecule has 2 N–H and O–H groups in total. The molecule has 0 unspecified atom stereocenters. The number of rotatable bonds is 8. The summed E-state index contributed by atoms with van der Waals surface area (Å²) in [6, 6.07) is 23.0. The topological polar surface area (TPSA) is 79.4 Å². The summed E-state index contributed by atoms with van der Waals surface area (Å²) in [5, 5.41) is 4.91. The second kappa shape index (κ2) is 9.95. The Bertz CT molecular complexity index is 1150. The van der Waals surface area contributed by atoms with Gasteiger partial charge in [0.05, 0.1) is 23.9 Å². The summed E-state index contributed by atoms with van der Waals surface area (Å²) in [5.74, 6) is 1.32. The van der Waals surface area contributed by atoms with Crippen LogP contribution in [0.3, 0.4) is 0 Å². The number of imidazole rings is 1. The molecule has 0 spiro atoms. The molecular weight excluding hydrogens is 408 g/mol. The summed E-state index contributed by atoms with van der Waals surface area (Å²) in [5.41, 5.74) is 7.09. The molecule has 4 aromatic rings. The van der Waals surface area contributed by atoms with Crippen LogP contribution in [0.2, 0.25) is 0 Å². The van der Waals surface area contributed by atoms with Crippen molar-refractivity contribution in [3.63, 3.8) is 0 Å². The number of hydrogen-bond donors (Lipinski definition) is 2. The SMILES string of the molecule is CCOc1ccc(/C=N\NC(=O)c2ccc(CSc3nc4ccccc4[nH]3)cc2)cc1. The van der Waals surface area contributed by atoms with Gasteiger partial charge >= 0.3 is 0 Å². The van der Waals surface area contributed by atoms with Crippen molar-refractivity contribution >= 4 is 34.9 Å². The lowest BCUT2D eigenvalue weighted by atomic mass is 10.1. The second-order valence-electron chi connectivity index (χ2n) is 6.75. The second-order valence-corrected chi connectivity index (χ2v) is 7.71. The lowest BCUT2D eigenvalue weighted by Crippen LogP contribution is -2.17. The highest BCUT2D eigenvalue weighted by molar-refractivity contribution is 7.98. The van der Waals surface area contributed by atoms with Crippen LogP contribution in [0, 0.1) is 0 Å². The number of nitrogens with one attached hydrogen (secondary N) is 2. The molecule has 0 saturated heterocycles. The Hall–Kier alpha value is -3.58. The molecule has 0 saturated carbocycles. The molecule has 1 amide bonds. The van der Waals surface area contributed by atoms with Gasteiger partial charge in [0.25, 0.3) is 5.91 Å². The molecule has 4 rings (SSSR count). The number of ether oxygens (including phenoxy) is 1. The van der Waals surface area contributed by atoms with Crippen molar-refractivity contribution in [3.05, 3.63) is 89.5 Å². The van der Waals surface area contributed by atoms with Crippen LogP contribution < -0.4 is 10.2 Å². The third-order valence-electron chi connectivity index (χ3n) is 4.53. The van der Waals surface area contributed by atoms with Gasteiger partial charge in [-0.3, -0.25) is 4.79 Å². The van der Waals surface area contributed by atoms with Crippen LogP contribution in [0.5, 0.6) is 5.75 Å². The molecule has 6 nitrogen and oxygen atoms in total. The molecule has 1 aromatic heterocycles. The largest absolute Gasteiger partial charge is 0.494 e. The number of aromatic amines is 1. The van der Waals surface area contributed by atoms with Crippen molar-refractivity contribution in [2.24, 2.45) is 5.10 Å². The zero-order valence-corrected chi connectivity index (χ0v) is 17.9. The molecule has 7 heteroatoms. The van der Waals surface area contributed by atoms with Crippen molar-refractivity contribution in [2.45, 2.75) is 17.8 Å².